The van der Waals surface area contributed by atoms with E-state index in [0.29, 0.717) is 11.6 Å². The molecular formula is C16H16FN. The SMILES string of the molecule is Cc1ccccc1C1CCNc2c(F)cccc21. The molecule has 0 aromatic heterocycles. The molecule has 0 saturated heterocycles. The second-order valence-electron chi connectivity index (χ2n) is 4.83. The fourth-order valence-electron chi connectivity index (χ4n) is 2.82. The molecule has 1 N–H and O–H groups in total. The van der Waals surface area contributed by atoms with Crippen molar-refractivity contribution in [3.05, 3.63) is 65.0 Å². The number of nitrogens with one attached hydrogen (secondary N) is 1. The Labute approximate surface area is 107 Å². The minimum absolute atomic E-state index is 0.147. The number of aryl methyl sites for hydroxylation is 1. The van der Waals surface area contributed by atoms with Crippen LogP contribution in [-0.2, 0) is 0 Å². The monoisotopic (exact) mass is 241 g/mol. The van der Waals surface area contributed by atoms with Gasteiger partial charge in [0.15, 0.2) is 0 Å². The van der Waals surface area contributed by atoms with E-state index in [-0.39, 0.29) is 5.82 Å². The molecule has 0 saturated carbocycles. The topological polar surface area (TPSA) is 12.0 Å². The van der Waals surface area contributed by atoms with Gasteiger partial charge >= 0.3 is 0 Å². The van der Waals surface area contributed by atoms with Crippen LogP contribution in [0.25, 0.3) is 0 Å². The molecule has 3 rings (SSSR count). The number of benzene rings is 2. The standard InChI is InChI=1S/C16H16FN/c1-11-5-2-3-6-12(11)13-9-10-18-16-14(13)7-4-8-15(16)17/h2-8,13,18H,9-10H2,1H3. The predicted molar refractivity (Wildman–Crippen MR) is 72.5 cm³/mol. The molecule has 1 atom stereocenters. The molecule has 0 aliphatic carbocycles. The van der Waals surface area contributed by atoms with Gasteiger partial charge in [0.05, 0.1) is 5.69 Å². The van der Waals surface area contributed by atoms with Gasteiger partial charge in [-0.1, -0.05) is 36.4 Å². The van der Waals surface area contributed by atoms with E-state index < -0.39 is 0 Å². The Kier molecular flexibility index (Phi) is 2.78. The molecule has 2 aromatic carbocycles. The second kappa shape index (κ2) is 4.45. The van der Waals surface area contributed by atoms with E-state index in [1.165, 1.54) is 17.2 Å². The molecule has 2 aromatic rings. The molecule has 0 spiro atoms. The van der Waals surface area contributed by atoms with Gasteiger partial charge in [-0.05, 0) is 36.1 Å². The van der Waals surface area contributed by atoms with Crippen LogP contribution in [0.3, 0.4) is 0 Å². The lowest BCUT2D eigenvalue weighted by atomic mass is 9.83. The van der Waals surface area contributed by atoms with E-state index in [1.54, 1.807) is 6.07 Å². The van der Waals surface area contributed by atoms with Crippen LogP contribution in [0.5, 0.6) is 0 Å². The first-order valence-electron chi connectivity index (χ1n) is 6.35. The highest BCUT2D eigenvalue weighted by atomic mass is 19.1. The molecule has 1 aliphatic heterocycles. The van der Waals surface area contributed by atoms with Crippen molar-refractivity contribution in [2.45, 2.75) is 19.3 Å². The van der Waals surface area contributed by atoms with Crippen LogP contribution in [-0.4, -0.2) is 6.54 Å². The van der Waals surface area contributed by atoms with E-state index in [9.17, 15) is 4.39 Å². The van der Waals surface area contributed by atoms with Crippen molar-refractivity contribution in [1.82, 2.24) is 0 Å². The summed E-state index contributed by atoms with van der Waals surface area (Å²) in [5.41, 5.74) is 4.35. The Morgan fingerprint density at radius 1 is 1.06 bits per heavy atom. The Morgan fingerprint density at radius 2 is 1.83 bits per heavy atom. The third-order valence-corrected chi connectivity index (χ3v) is 3.72. The largest absolute Gasteiger partial charge is 0.382 e. The lowest BCUT2D eigenvalue weighted by Gasteiger charge is -2.28. The zero-order valence-electron chi connectivity index (χ0n) is 10.4. The van der Waals surface area contributed by atoms with Crippen LogP contribution in [0, 0.1) is 12.7 Å². The van der Waals surface area contributed by atoms with Gasteiger partial charge < -0.3 is 5.32 Å². The van der Waals surface area contributed by atoms with E-state index >= 15 is 0 Å². The average Bonchev–Trinajstić information content (AvgIpc) is 2.40. The maximum atomic E-state index is 13.8. The lowest BCUT2D eigenvalue weighted by Crippen LogP contribution is -2.19. The number of hydrogen-bond acceptors (Lipinski definition) is 1. The van der Waals surface area contributed by atoms with Crippen LogP contribution in [0.2, 0.25) is 0 Å². The fraction of sp³-hybridized carbons (Fsp3) is 0.250. The maximum absolute atomic E-state index is 13.8. The normalized spacial score (nSPS) is 18.0. The smallest absolute Gasteiger partial charge is 0.146 e. The van der Waals surface area contributed by atoms with Crippen molar-refractivity contribution >= 4 is 5.69 Å². The summed E-state index contributed by atoms with van der Waals surface area (Å²) >= 11 is 0. The van der Waals surface area contributed by atoms with Crippen molar-refractivity contribution in [3.63, 3.8) is 0 Å². The van der Waals surface area contributed by atoms with Gasteiger partial charge in [0.1, 0.15) is 5.82 Å². The Morgan fingerprint density at radius 3 is 2.67 bits per heavy atom. The number of halogens is 1. The summed E-state index contributed by atoms with van der Waals surface area (Å²) in [6.45, 7) is 2.95. The Balaban J connectivity index is 2.12. The summed E-state index contributed by atoms with van der Waals surface area (Å²) in [4.78, 5) is 0. The first-order valence-corrected chi connectivity index (χ1v) is 6.35. The quantitative estimate of drug-likeness (QED) is 0.793. The highest BCUT2D eigenvalue weighted by Gasteiger charge is 2.24. The fourth-order valence-corrected chi connectivity index (χ4v) is 2.82. The van der Waals surface area contributed by atoms with Crippen LogP contribution >= 0.6 is 0 Å². The number of para-hydroxylation sites is 1. The molecule has 0 bridgehead atoms. The van der Waals surface area contributed by atoms with Gasteiger partial charge in [0, 0.05) is 12.5 Å². The Bertz CT molecular complexity index is 577. The van der Waals surface area contributed by atoms with E-state index in [1.807, 2.05) is 12.1 Å². The summed E-state index contributed by atoms with van der Waals surface area (Å²) in [5.74, 6) is 0.156. The molecule has 2 heteroatoms. The van der Waals surface area contributed by atoms with Crippen molar-refractivity contribution < 1.29 is 4.39 Å². The molecule has 18 heavy (non-hydrogen) atoms. The highest BCUT2D eigenvalue weighted by molar-refractivity contribution is 5.59. The molecule has 1 heterocycles. The third-order valence-electron chi connectivity index (χ3n) is 3.72. The summed E-state index contributed by atoms with van der Waals surface area (Å²) < 4.78 is 13.8. The second-order valence-corrected chi connectivity index (χ2v) is 4.83. The predicted octanol–water partition coefficient (Wildman–Crippen LogP) is 4.08. The summed E-state index contributed by atoms with van der Waals surface area (Å²) in [6.07, 6.45) is 1.02. The molecule has 0 radical (unpaired) electrons. The number of hydrogen-bond donors (Lipinski definition) is 1. The van der Waals surface area contributed by atoms with Crippen LogP contribution < -0.4 is 5.32 Å². The summed E-state index contributed by atoms with van der Waals surface area (Å²) in [6, 6.07) is 13.7. The van der Waals surface area contributed by atoms with Crippen molar-refractivity contribution in [2.75, 3.05) is 11.9 Å². The van der Waals surface area contributed by atoms with Crippen molar-refractivity contribution in [3.8, 4) is 0 Å². The zero-order valence-corrected chi connectivity index (χ0v) is 10.4. The van der Waals surface area contributed by atoms with E-state index in [2.05, 4.69) is 30.4 Å². The van der Waals surface area contributed by atoms with Crippen molar-refractivity contribution in [2.24, 2.45) is 0 Å². The van der Waals surface area contributed by atoms with Gasteiger partial charge in [-0.2, -0.15) is 0 Å². The van der Waals surface area contributed by atoms with Gasteiger partial charge in [-0.15, -0.1) is 0 Å². The molecule has 1 aliphatic rings. The van der Waals surface area contributed by atoms with Crippen molar-refractivity contribution in [1.29, 1.82) is 0 Å². The van der Waals surface area contributed by atoms with E-state index in [4.69, 9.17) is 0 Å². The molecule has 92 valence electrons. The van der Waals surface area contributed by atoms with Gasteiger partial charge in [0.2, 0.25) is 0 Å². The summed E-state index contributed by atoms with van der Waals surface area (Å²) in [7, 11) is 0. The van der Waals surface area contributed by atoms with Crippen LogP contribution in [0.1, 0.15) is 29.0 Å². The van der Waals surface area contributed by atoms with Gasteiger partial charge in [-0.25, -0.2) is 4.39 Å². The number of fused-ring (bicyclic) bond motifs is 1. The van der Waals surface area contributed by atoms with Crippen LogP contribution in [0.4, 0.5) is 10.1 Å². The first-order chi connectivity index (χ1) is 8.77. The Hall–Kier alpha value is -1.83. The molecule has 0 fully saturated rings. The third kappa shape index (κ3) is 1.78. The van der Waals surface area contributed by atoms with Gasteiger partial charge in [0.25, 0.3) is 0 Å². The minimum atomic E-state index is -0.147. The first kappa shape index (κ1) is 11.3. The maximum Gasteiger partial charge on any atom is 0.146 e. The minimum Gasteiger partial charge on any atom is -0.382 e. The number of rotatable bonds is 1. The summed E-state index contributed by atoms with van der Waals surface area (Å²) in [5, 5.41) is 3.18. The van der Waals surface area contributed by atoms with E-state index in [0.717, 1.165) is 18.5 Å². The number of anilines is 1. The molecule has 1 nitrogen and oxygen atoms in total. The van der Waals surface area contributed by atoms with Crippen LogP contribution in [0.15, 0.2) is 42.5 Å². The average molecular weight is 241 g/mol. The molecule has 0 amide bonds. The van der Waals surface area contributed by atoms with Gasteiger partial charge in [-0.3, -0.25) is 0 Å². The highest BCUT2D eigenvalue weighted by Crippen LogP contribution is 2.38. The molecular weight excluding hydrogens is 225 g/mol. The lowest BCUT2D eigenvalue weighted by molar-refractivity contribution is 0.614. The molecule has 1 unspecified atom stereocenters. The zero-order chi connectivity index (χ0) is 12.5.